The molecule has 0 saturated carbocycles. The van der Waals surface area contributed by atoms with Gasteiger partial charge in [0.1, 0.15) is 35.4 Å². The van der Waals surface area contributed by atoms with Crippen molar-refractivity contribution in [2.45, 2.75) is 24.5 Å². The molecule has 0 bridgehead atoms. The summed E-state index contributed by atoms with van der Waals surface area (Å²) in [5.41, 5.74) is 6.04. The number of benzene rings is 1. The molecule has 15 heteroatoms. The van der Waals surface area contributed by atoms with Gasteiger partial charge in [0.05, 0.1) is 12.9 Å². The number of phosphoric ester groups is 1. The minimum atomic E-state index is -4.89. The number of rotatable bonds is 6. The zero-order valence-corrected chi connectivity index (χ0v) is 17.0. The molecule has 1 aliphatic heterocycles. The van der Waals surface area contributed by atoms with E-state index in [4.69, 9.17) is 25.0 Å². The Labute approximate surface area is 179 Å². The highest BCUT2D eigenvalue weighted by atomic mass is 31.2. The maximum absolute atomic E-state index is 12.6. The van der Waals surface area contributed by atoms with Crippen molar-refractivity contribution in [2.75, 3.05) is 12.3 Å². The summed E-state index contributed by atoms with van der Waals surface area (Å²) in [5, 5.41) is 20.8. The number of aromatic nitrogens is 4. The van der Waals surface area contributed by atoms with Crippen LogP contribution in [-0.2, 0) is 18.6 Å². The van der Waals surface area contributed by atoms with Crippen LogP contribution in [0.1, 0.15) is 16.6 Å². The number of ether oxygens (including phenoxy) is 2. The number of aliphatic hydroxyl groups is 1. The van der Waals surface area contributed by atoms with E-state index < -0.39 is 44.9 Å². The van der Waals surface area contributed by atoms with E-state index in [1.54, 1.807) is 0 Å². The Morgan fingerprint density at radius 3 is 2.72 bits per heavy atom. The number of imidazole rings is 1. The van der Waals surface area contributed by atoms with Crippen molar-refractivity contribution >= 4 is 30.8 Å². The van der Waals surface area contributed by atoms with Crippen LogP contribution in [0, 0.1) is 0 Å². The van der Waals surface area contributed by atoms with Gasteiger partial charge in [0.15, 0.2) is 23.8 Å². The third-order valence-corrected chi connectivity index (χ3v) is 5.23. The summed E-state index contributed by atoms with van der Waals surface area (Å²) in [6, 6.07) is 5.58. The summed E-state index contributed by atoms with van der Waals surface area (Å²) in [6.45, 7) is -0.708. The number of anilines is 1. The van der Waals surface area contributed by atoms with Crippen LogP contribution in [0.25, 0.3) is 11.2 Å². The zero-order chi connectivity index (χ0) is 23.0. The minimum Gasteiger partial charge on any atom is -0.507 e. The van der Waals surface area contributed by atoms with E-state index >= 15 is 0 Å². The summed E-state index contributed by atoms with van der Waals surface area (Å²) in [6.07, 6.45) is -2.99. The molecule has 4 rings (SSSR count). The van der Waals surface area contributed by atoms with Gasteiger partial charge in [-0.1, -0.05) is 12.1 Å². The molecule has 1 saturated heterocycles. The fraction of sp³-hybridized carbons (Fsp3) is 0.294. The predicted molar refractivity (Wildman–Crippen MR) is 105 cm³/mol. The second-order valence-electron chi connectivity index (χ2n) is 6.81. The third kappa shape index (κ3) is 4.27. The number of phosphoric acid groups is 1. The highest BCUT2D eigenvalue weighted by Gasteiger charge is 2.48. The van der Waals surface area contributed by atoms with Gasteiger partial charge in [0, 0.05) is 0 Å². The first kappa shape index (κ1) is 22.1. The van der Waals surface area contributed by atoms with Crippen molar-refractivity contribution in [1.82, 2.24) is 19.5 Å². The first-order valence-electron chi connectivity index (χ1n) is 9.11. The van der Waals surface area contributed by atoms with Gasteiger partial charge in [0.2, 0.25) is 0 Å². The first-order chi connectivity index (χ1) is 15.2. The molecule has 32 heavy (non-hydrogen) atoms. The quantitative estimate of drug-likeness (QED) is 0.233. The van der Waals surface area contributed by atoms with E-state index in [0.717, 1.165) is 0 Å². The van der Waals surface area contributed by atoms with Crippen LogP contribution >= 0.6 is 7.82 Å². The SMILES string of the molecule is Nc1ncnc2c1ncn2[C@@H]1O[C@H](COP(=O)(O)O)[C@@H](OC(=O)c2ccccc2O)[C@H]1O. The van der Waals surface area contributed by atoms with Crippen molar-refractivity contribution in [3.8, 4) is 5.75 Å². The Hall–Kier alpha value is -3.13. The Bertz CT molecular complexity index is 1200. The van der Waals surface area contributed by atoms with Crippen LogP contribution in [0.2, 0.25) is 0 Å². The summed E-state index contributed by atoms with van der Waals surface area (Å²) in [7, 11) is -4.89. The number of hydrogen-bond donors (Lipinski definition) is 5. The summed E-state index contributed by atoms with van der Waals surface area (Å²) >= 11 is 0. The molecule has 14 nitrogen and oxygen atoms in total. The molecule has 0 spiro atoms. The molecule has 1 fully saturated rings. The van der Waals surface area contributed by atoms with Gasteiger partial charge < -0.3 is 35.2 Å². The number of para-hydroxylation sites is 1. The molecule has 0 aliphatic carbocycles. The molecule has 2 aromatic heterocycles. The Morgan fingerprint density at radius 1 is 1.25 bits per heavy atom. The van der Waals surface area contributed by atoms with E-state index in [1.807, 2.05) is 0 Å². The fourth-order valence-corrected chi connectivity index (χ4v) is 3.63. The molecule has 6 N–H and O–H groups in total. The Balaban J connectivity index is 1.64. The van der Waals surface area contributed by atoms with E-state index in [0.29, 0.717) is 0 Å². The number of aliphatic hydroxyl groups excluding tert-OH is 1. The van der Waals surface area contributed by atoms with Gasteiger partial charge in [-0.05, 0) is 12.1 Å². The third-order valence-electron chi connectivity index (χ3n) is 4.74. The van der Waals surface area contributed by atoms with E-state index in [2.05, 4.69) is 19.5 Å². The monoisotopic (exact) mass is 467 g/mol. The predicted octanol–water partition coefficient (Wildman–Crippen LogP) is -0.293. The first-order valence-corrected chi connectivity index (χ1v) is 10.6. The number of nitrogens with two attached hydrogens (primary N) is 1. The van der Waals surface area contributed by atoms with Crippen LogP contribution < -0.4 is 5.73 Å². The van der Waals surface area contributed by atoms with Crippen molar-refractivity contribution < 1.29 is 43.4 Å². The number of hydrogen-bond acceptors (Lipinski definition) is 11. The number of phenols is 1. The average molecular weight is 467 g/mol. The number of fused-ring (bicyclic) bond motifs is 1. The second kappa shape index (κ2) is 8.43. The molecule has 4 atom stereocenters. The Kier molecular flexibility index (Phi) is 5.81. The molecular weight excluding hydrogens is 449 g/mol. The normalized spacial score (nSPS) is 23.5. The van der Waals surface area contributed by atoms with Crippen LogP contribution in [0.15, 0.2) is 36.9 Å². The molecule has 1 aliphatic rings. The van der Waals surface area contributed by atoms with Gasteiger partial charge in [0.25, 0.3) is 0 Å². The van der Waals surface area contributed by atoms with Crippen LogP contribution in [0.3, 0.4) is 0 Å². The summed E-state index contributed by atoms with van der Waals surface area (Å²) in [4.78, 5) is 42.6. The second-order valence-corrected chi connectivity index (χ2v) is 8.05. The van der Waals surface area contributed by atoms with Gasteiger partial charge in [-0.2, -0.15) is 0 Å². The van der Waals surface area contributed by atoms with E-state index in [1.165, 1.54) is 41.5 Å². The van der Waals surface area contributed by atoms with Crippen LogP contribution in [-0.4, -0.2) is 70.4 Å². The maximum Gasteiger partial charge on any atom is 0.469 e. The zero-order valence-electron chi connectivity index (χ0n) is 16.1. The maximum atomic E-state index is 12.6. The number of carbonyl (C=O) groups excluding carboxylic acids is 1. The molecule has 3 aromatic rings. The van der Waals surface area contributed by atoms with Crippen molar-refractivity contribution in [1.29, 1.82) is 0 Å². The number of nitrogens with zero attached hydrogens (tertiary/aromatic N) is 4. The smallest absolute Gasteiger partial charge is 0.469 e. The van der Waals surface area contributed by atoms with Gasteiger partial charge in [-0.15, -0.1) is 0 Å². The van der Waals surface area contributed by atoms with Crippen molar-refractivity contribution in [3.05, 3.63) is 42.5 Å². The number of esters is 1. The number of carbonyl (C=O) groups is 1. The lowest BCUT2D eigenvalue weighted by Gasteiger charge is -2.21. The number of nitrogen functional groups attached to an aromatic ring is 1. The van der Waals surface area contributed by atoms with Crippen molar-refractivity contribution in [3.63, 3.8) is 0 Å². The molecule has 0 amide bonds. The van der Waals surface area contributed by atoms with Crippen molar-refractivity contribution in [2.24, 2.45) is 0 Å². The lowest BCUT2D eigenvalue weighted by Crippen LogP contribution is -2.38. The molecule has 1 aromatic carbocycles. The van der Waals surface area contributed by atoms with Gasteiger partial charge in [-0.25, -0.2) is 24.3 Å². The Morgan fingerprint density at radius 2 is 2.00 bits per heavy atom. The average Bonchev–Trinajstić information content (AvgIpc) is 3.29. The van der Waals surface area contributed by atoms with E-state index in [-0.39, 0.29) is 28.3 Å². The van der Waals surface area contributed by atoms with Gasteiger partial charge >= 0.3 is 13.8 Å². The molecular formula is C17H18N5O9P. The van der Waals surface area contributed by atoms with Gasteiger partial charge in [-0.3, -0.25) is 9.09 Å². The number of phenolic OH excluding ortho intramolecular Hbond substituents is 1. The minimum absolute atomic E-state index is 0.0881. The van der Waals surface area contributed by atoms with Crippen LogP contribution in [0.4, 0.5) is 5.82 Å². The highest BCUT2D eigenvalue weighted by Crippen LogP contribution is 2.40. The number of aromatic hydroxyl groups is 1. The largest absolute Gasteiger partial charge is 0.507 e. The highest BCUT2D eigenvalue weighted by molar-refractivity contribution is 7.46. The summed E-state index contributed by atoms with van der Waals surface area (Å²) in [5.74, 6) is -1.25. The molecule has 0 radical (unpaired) electrons. The van der Waals surface area contributed by atoms with Crippen LogP contribution in [0.5, 0.6) is 5.75 Å². The fourth-order valence-electron chi connectivity index (χ4n) is 3.29. The topological polar surface area (TPSA) is 212 Å². The lowest BCUT2D eigenvalue weighted by molar-refractivity contribution is -0.0521. The lowest BCUT2D eigenvalue weighted by atomic mass is 10.1. The molecule has 0 unspecified atom stereocenters. The standard InChI is InChI=1S/C17H18N5O9P/c18-14-11-15(20-6-19-14)22(7-21-11)16-12(24)13(10(30-16)5-29-32(26,27)28)31-17(25)8-3-1-2-4-9(8)23/h1-4,6-7,10,12-13,16,23-24H,5H2,(H2,18,19,20)(H2,26,27,28)/t10-,12-,13-,16-/m1/s1. The molecule has 170 valence electrons. The van der Waals surface area contributed by atoms with E-state index in [9.17, 15) is 19.6 Å². The molecule has 3 heterocycles. The summed E-state index contributed by atoms with van der Waals surface area (Å²) < 4.78 is 28.0.